The van der Waals surface area contributed by atoms with E-state index >= 15 is 0 Å². The molecule has 2 rings (SSSR count). The third kappa shape index (κ3) is 3.56. The van der Waals surface area contributed by atoms with Crippen molar-refractivity contribution in [1.82, 2.24) is 19.5 Å². The predicted octanol–water partition coefficient (Wildman–Crippen LogP) is 0.564. The van der Waals surface area contributed by atoms with Crippen LogP contribution in [-0.4, -0.2) is 53.9 Å². The van der Waals surface area contributed by atoms with E-state index in [1.807, 2.05) is 0 Å². The average Bonchev–Trinajstić information content (AvgIpc) is 3.05. The van der Waals surface area contributed by atoms with E-state index in [1.54, 1.807) is 0 Å². The number of amides is 1. The Morgan fingerprint density at radius 2 is 1.87 bits per heavy atom. The van der Waals surface area contributed by atoms with Gasteiger partial charge in [-0.3, -0.25) is 5.32 Å². The molecule has 0 aliphatic heterocycles. The Bertz CT molecular complexity index is 795. The van der Waals surface area contributed by atoms with Gasteiger partial charge in [0.25, 0.3) is 0 Å². The van der Waals surface area contributed by atoms with Gasteiger partial charge in [-0.1, -0.05) is 6.92 Å². The Hall–Kier alpha value is -2.69. The maximum atomic E-state index is 12.2. The van der Waals surface area contributed by atoms with Crippen LogP contribution in [-0.2, 0) is 9.84 Å². The van der Waals surface area contributed by atoms with E-state index in [9.17, 15) is 13.2 Å². The summed E-state index contributed by atoms with van der Waals surface area (Å²) in [4.78, 5) is 23.8. The molecule has 23 heavy (non-hydrogen) atoms. The van der Waals surface area contributed by atoms with Crippen molar-refractivity contribution in [2.75, 3.05) is 25.3 Å². The number of carbonyl (C=O) groups excluding carboxylic acids is 1. The first-order valence-electron chi connectivity index (χ1n) is 6.45. The zero-order valence-corrected chi connectivity index (χ0v) is 13.5. The second kappa shape index (κ2) is 6.60. The standard InChI is InChI=1S/C12H15N5O5S/c1-4-23(19,20)12-13-5-6-17(12)11(18)16-10-14-8(21-2)7-9(15-10)22-3/h5-7H,4H2,1-3H3,(H,14,15,16,18). The third-order valence-corrected chi connectivity index (χ3v) is 4.42. The Balaban J connectivity index is 2.32. The van der Waals surface area contributed by atoms with Gasteiger partial charge in [-0.25, -0.2) is 22.8 Å². The highest BCUT2D eigenvalue weighted by Crippen LogP contribution is 2.18. The number of hydrogen-bond acceptors (Lipinski definition) is 8. The van der Waals surface area contributed by atoms with Crippen LogP contribution in [0.2, 0.25) is 0 Å². The summed E-state index contributed by atoms with van der Waals surface area (Å²) >= 11 is 0. The highest BCUT2D eigenvalue weighted by Gasteiger charge is 2.22. The summed E-state index contributed by atoms with van der Waals surface area (Å²) in [6.07, 6.45) is 2.45. The van der Waals surface area contributed by atoms with Crippen LogP contribution >= 0.6 is 0 Å². The summed E-state index contributed by atoms with van der Waals surface area (Å²) in [6.45, 7) is 1.46. The van der Waals surface area contributed by atoms with Gasteiger partial charge < -0.3 is 9.47 Å². The van der Waals surface area contributed by atoms with Gasteiger partial charge >= 0.3 is 6.03 Å². The zero-order valence-electron chi connectivity index (χ0n) is 12.7. The smallest absolute Gasteiger partial charge is 0.334 e. The van der Waals surface area contributed by atoms with Crippen molar-refractivity contribution in [2.24, 2.45) is 0 Å². The number of nitrogens with one attached hydrogen (secondary N) is 1. The van der Waals surface area contributed by atoms with Crippen LogP contribution in [0.3, 0.4) is 0 Å². The van der Waals surface area contributed by atoms with Crippen LogP contribution in [0.15, 0.2) is 23.6 Å². The molecule has 2 aromatic heterocycles. The topological polar surface area (TPSA) is 125 Å². The van der Waals surface area contributed by atoms with Crippen LogP contribution in [0.5, 0.6) is 11.8 Å². The fraction of sp³-hybridized carbons (Fsp3) is 0.333. The highest BCUT2D eigenvalue weighted by molar-refractivity contribution is 7.91. The monoisotopic (exact) mass is 341 g/mol. The molecule has 11 heteroatoms. The minimum absolute atomic E-state index is 0.0975. The van der Waals surface area contributed by atoms with Gasteiger partial charge in [0, 0.05) is 12.4 Å². The number of imidazole rings is 1. The quantitative estimate of drug-likeness (QED) is 0.836. The van der Waals surface area contributed by atoms with Crippen molar-refractivity contribution in [1.29, 1.82) is 0 Å². The molecule has 124 valence electrons. The normalized spacial score (nSPS) is 11.1. The molecule has 0 aromatic carbocycles. The van der Waals surface area contributed by atoms with Crippen LogP contribution < -0.4 is 14.8 Å². The molecule has 0 bridgehead atoms. The number of nitrogens with zero attached hydrogens (tertiary/aromatic N) is 4. The Kier molecular flexibility index (Phi) is 4.79. The van der Waals surface area contributed by atoms with E-state index in [2.05, 4.69) is 20.3 Å². The van der Waals surface area contributed by atoms with Gasteiger partial charge in [0.05, 0.1) is 26.0 Å². The Labute approximate surface area is 132 Å². The van der Waals surface area contributed by atoms with Gasteiger partial charge in [0.15, 0.2) is 0 Å². The largest absolute Gasteiger partial charge is 0.481 e. The SMILES string of the molecule is CCS(=O)(=O)c1nccn1C(=O)Nc1nc(OC)cc(OC)n1. The lowest BCUT2D eigenvalue weighted by Gasteiger charge is -2.09. The molecule has 0 fully saturated rings. The van der Waals surface area contributed by atoms with Gasteiger partial charge in [0.2, 0.25) is 32.7 Å². The second-order valence-corrected chi connectivity index (χ2v) is 6.36. The maximum Gasteiger partial charge on any atom is 0.334 e. The third-order valence-electron chi connectivity index (χ3n) is 2.80. The summed E-state index contributed by atoms with van der Waals surface area (Å²) in [5, 5.41) is 2.01. The summed E-state index contributed by atoms with van der Waals surface area (Å²) in [7, 11) is -0.852. The molecule has 0 radical (unpaired) electrons. The fourth-order valence-electron chi connectivity index (χ4n) is 1.63. The van der Waals surface area contributed by atoms with Gasteiger partial charge in [-0.05, 0) is 0 Å². The lowest BCUT2D eigenvalue weighted by Crippen LogP contribution is -2.24. The number of carbonyl (C=O) groups is 1. The number of hydrogen-bond donors (Lipinski definition) is 1. The Morgan fingerprint density at radius 3 is 2.39 bits per heavy atom. The van der Waals surface area contributed by atoms with Crippen molar-refractivity contribution in [3.63, 3.8) is 0 Å². The van der Waals surface area contributed by atoms with Crippen molar-refractivity contribution in [3.8, 4) is 11.8 Å². The van der Waals surface area contributed by atoms with Gasteiger partial charge in [-0.15, -0.1) is 0 Å². The van der Waals surface area contributed by atoms with E-state index < -0.39 is 15.9 Å². The van der Waals surface area contributed by atoms with E-state index in [0.29, 0.717) is 0 Å². The number of ether oxygens (including phenoxy) is 2. The maximum absolute atomic E-state index is 12.2. The van der Waals surface area contributed by atoms with Crippen LogP contribution in [0.4, 0.5) is 10.7 Å². The second-order valence-electron chi connectivity index (χ2n) is 4.19. The summed E-state index contributed by atoms with van der Waals surface area (Å²) < 4.78 is 34.6. The molecule has 10 nitrogen and oxygen atoms in total. The first kappa shape index (κ1) is 16.7. The summed E-state index contributed by atoms with van der Waals surface area (Å²) in [5.74, 6) is 0.0824. The number of sulfone groups is 1. The molecule has 1 N–H and O–H groups in total. The minimum Gasteiger partial charge on any atom is -0.481 e. The fourth-order valence-corrected chi connectivity index (χ4v) is 2.55. The predicted molar refractivity (Wildman–Crippen MR) is 79.5 cm³/mol. The number of rotatable bonds is 5. The molecule has 0 unspecified atom stereocenters. The molecule has 0 spiro atoms. The van der Waals surface area contributed by atoms with Crippen LogP contribution in [0.25, 0.3) is 0 Å². The van der Waals surface area contributed by atoms with Gasteiger partial charge in [0.1, 0.15) is 0 Å². The first-order chi connectivity index (χ1) is 10.9. The van der Waals surface area contributed by atoms with Crippen molar-refractivity contribution in [3.05, 3.63) is 18.5 Å². The van der Waals surface area contributed by atoms with E-state index in [4.69, 9.17) is 9.47 Å². The lowest BCUT2D eigenvalue weighted by atomic mass is 10.6. The molecule has 0 atom stereocenters. The zero-order chi connectivity index (χ0) is 17.0. The summed E-state index contributed by atoms with van der Waals surface area (Å²) in [6, 6.07) is 0.657. The Morgan fingerprint density at radius 1 is 1.26 bits per heavy atom. The molecule has 0 aliphatic rings. The van der Waals surface area contributed by atoms with Crippen molar-refractivity contribution in [2.45, 2.75) is 12.1 Å². The molecule has 0 saturated heterocycles. The molecular weight excluding hydrogens is 326 g/mol. The van der Waals surface area contributed by atoms with Crippen molar-refractivity contribution < 1.29 is 22.7 Å². The molecule has 2 heterocycles. The minimum atomic E-state index is -3.65. The molecular formula is C12H15N5O5S. The van der Waals surface area contributed by atoms with E-state index in [0.717, 1.165) is 4.57 Å². The number of anilines is 1. The molecule has 2 aromatic rings. The molecule has 0 saturated carbocycles. The first-order valence-corrected chi connectivity index (χ1v) is 8.11. The van der Waals surface area contributed by atoms with E-state index in [-0.39, 0.29) is 28.6 Å². The highest BCUT2D eigenvalue weighted by atomic mass is 32.2. The number of methoxy groups -OCH3 is 2. The van der Waals surface area contributed by atoms with E-state index in [1.165, 1.54) is 39.6 Å². The van der Waals surface area contributed by atoms with Gasteiger partial charge in [-0.2, -0.15) is 9.97 Å². The summed E-state index contributed by atoms with van der Waals surface area (Å²) in [5.41, 5.74) is 0. The van der Waals surface area contributed by atoms with Crippen molar-refractivity contribution >= 4 is 21.8 Å². The van der Waals surface area contributed by atoms with Crippen LogP contribution in [0.1, 0.15) is 6.92 Å². The average molecular weight is 341 g/mol. The number of aromatic nitrogens is 4. The van der Waals surface area contributed by atoms with Crippen LogP contribution in [0, 0.1) is 0 Å². The lowest BCUT2D eigenvalue weighted by molar-refractivity contribution is 0.251. The molecule has 1 amide bonds. The molecule has 0 aliphatic carbocycles.